The van der Waals surface area contributed by atoms with Gasteiger partial charge in [0.1, 0.15) is 13.2 Å². The molecular formula is C65H104O6. The minimum Gasteiger partial charge on any atom is -0.462 e. The quantitative estimate of drug-likeness (QED) is 0.0262. The summed E-state index contributed by atoms with van der Waals surface area (Å²) >= 11 is 0. The Morgan fingerprint density at radius 1 is 0.296 bits per heavy atom. The summed E-state index contributed by atoms with van der Waals surface area (Å²) in [5, 5.41) is 0. The standard InChI is InChI=1S/C65H104O6/c1-4-7-10-13-16-19-22-25-28-31-32-35-37-40-43-46-49-52-55-58-64(67)70-61-62(71-65(68)59-56-53-50-47-44-41-38-34-30-27-24-21-18-15-12-9-6-3)60-69-63(66)57-54-51-48-45-42-39-36-33-29-26-23-20-17-14-11-8-5-2/h7,10,16,18-19,21,25-30,32,35-36,38-39,41,45,47-48,50,62H,4-6,8-9,11-15,17,20,22-24,31,33-34,37,40,42-44,46,49,51-61H2,1-3H3/b10-7-,19-16-,21-18-,28-25-,29-26-,30-27-,35-32-,39-36-,41-38-,48-45-,50-47-. The number of rotatable bonds is 50. The van der Waals surface area contributed by atoms with E-state index >= 15 is 0 Å². The Morgan fingerprint density at radius 3 is 0.944 bits per heavy atom. The Balaban J connectivity index is 4.59. The van der Waals surface area contributed by atoms with E-state index in [1.54, 1.807) is 0 Å². The fourth-order valence-electron chi connectivity index (χ4n) is 7.32. The molecule has 0 fully saturated rings. The lowest BCUT2D eigenvalue weighted by molar-refractivity contribution is -0.167. The van der Waals surface area contributed by atoms with Gasteiger partial charge >= 0.3 is 17.9 Å². The first kappa shape index (κ1) is 66.6. The Hall–Kier alpha value is -4.45. The van der Waals surface area contributed by atoms with E-state index in [4.69, 9.17) is 14.2 Å². The predicted octanol–water partition coefficient (Wildman–Crippen LogP) is 19.4. The summed E-state index contributed by atoms with van der Waals surface area (Å²) in [7, 11) is 0. The number of allylic oxidation sites excluding steroid dienone is 22. The first-order valence-electron chi connectivity index (χ1n) is 28.7. The smallest absolute Gasteiger partial charge is 0.306 e. The largest absolute Gasteiger partial charge is 0.462 e. The van der Waals surface area contributed by atoms with E-state index in [1.165, 1.54) is 83.5 Å². The van der Waals surface area contributed by atoms with Crippen LogP contribution < -0.4 is 0 Å². The molecule has 0 radical (unpaired) electrons. The molecule has 0 heterocycles. The van der Waals surface area contributed by atoms with Crippen LogP contribution in [0.2, 0.25) is 0 Å². The van der Waals surface area contributed by atoms with E-state index in [1.807, 2.05) is 0 Å². The van der Waals surface area contributed by atoms with Crippen molar-refractivity contribution in [3.05, 3.63) is 134 Å². The number of hydrogen-bond donors (Lipinski definition) is 0. The molecule has 0 aromatic rings. The third-order valence-electron chi connectivity index (χ3n) is 11.6. The maximum absolute atomic E-state index is 12.8. The summed E-state index contributed by atoms with van der Waals surface area (Å²) in [6.07, 6.45) is 81.6. The molecule has 0 aliphatic heterocycles. The number of carbonyl (C=O) groups excluding carboxylic acids is 3. The number of carbonyl (C=O) groups is 3. The maximum Gasteiger partial charge on any atom is 0.306 e. The van der Waals surface area contributed by atoms with Gasteiger partial charge in [0.2, 0.25) is 0 Å². The van der Waals surface area contributed by atoms with Crippen LogP contribution in [0.15, 0.2) is 134 Å². The van der Waals surface area contributed by atoms with E-state index in [9.17, 15) is 14.4 Å². The first-order chi connectivity index (χ1) is 35.0. The van der Waals surface area contributed by atoms with Gasteiger partial charge in [-0.3, -0.25) is 14.4 Å². The van der Waals surface area contributed by atoms with Crippen molar-refractivity contribution < 1.29 is 28.6 Å². The molecule has 0 saturated carbocycles. The molecule has 0 aromatic heterocycles. The summed E-state index contributed by atoms with van der Waals surface area (Å²) in [5.41, 5.74) is 0. The monoisotopic (exact) mass is 981 g/mol. The lowest BCUT2D eigenvalue weighted by Gasteiger charge is -2.18. The van der Waals surface area contributed by atoms with Crippen LogP contribution in [0.4, 0.5) is 0 Å². The van der Waals surface area contributed by atoms with Gasteiger partial charge in [-0.2, -0.15) is 0 Å². The van der Waals surface area contributed by atoms with Crippen molar-refractivity contribution in [3.63, 3.8) is 0 Å². The third-order valence-corrected chi connectivity index (χ3v) is 11.6. The lowest BCUT2D eigenvalue weighted by Crippen LogP contribution is -2.30. The maximum atomic E-state index is 12.8. The van der Waals surface area contributed by atoms with Crippen LogP contribution in [0.5, 0.6) is 0 Å². The summed E-state index contributed by atoms with van der Waals surface area (Å²) in [5.74, 6) is -1.06. The Kier molecular flexibility index (Phi) is 54.5. The van der Waals surface area contributed by atoms with Crippen LogP contribution in [0.3, 0.4) is 0 Å². The zero-order valence-electron chi connectivity index (χ0n) is 45.7. The minimum absolute atomic E-state index is 0.127. The zero-order valence-corrected chi connectivity index (χ0v) is 45.7. The molecule has 400 valence electrons. The molecule has 6 heteroatoms. The van der Waals surface area contributed by atoms with Crippen LogP contribution in [0.1, 0.15) is 239 Å². The fourth-order valence-corrected chi connectivity index (χ4v) is 7.32. The summed E-state index contributed by atoms with van der Waals surface area (Å²) in [4.78, 5) is 38.1. The second-order valence-corrected chi connectivity index (χ2v) is 18.5. The van der Waals surface area contributed by atoms with Crippen molar-refractivity contribution in [2.24, 2.45) is 0 Å². The summed E-state index contributed by atoms with van der Waals surface area (Å²) in [6.45, 7) is 6.38. The van der Waals surface area contributed by atoms with E-state index in [-0.39, 0.29) is 44.0 Å². The normalized spacial score (nSPS) is 13.1. The lowest BCUT2D eigenvalue weighted by atomic mass is 10.1. The topological polar surface area (TPSA) is 78.9 Å². The predicted molar refractivity (Wildman–Crippen MR) is 306 cm³/mol. The second kappa shape index (κ2) is 58.1. The van der Waals surface area contributed by atoms with Crippen molar-refractivity contribution >= 4 is 17.9 Å². The number of esters is 3. The van der Waals surface area contributed by atoms with Gasteiger partial charge < -0.3 is 14.2 Å². The summed E-state index contributed by atoms with van der Waals surface area (Å²) < 4.78 is 16.8. The van der Waals surface area contributed by atoms with E-state index < -0.39 is 6.10 Å². The van der Waals surface area contributed by atoms with Crippen LogP contribution in [-0.2, 0) is 28.6 Å². The molecule has 0 saturated heterocycles. The Labute approximate surface area is 436 Å². The zero-order chi connectivity index (χ0) is 51.4. The summed E-state index contributed by atoms with van der Waals surface area (Å²) in [6, 6.07) is 0. The molecule has 0 spiro atoms. The van der Waals surface area contributed by atoms with Gasteiger partial charge in [-0.25, -0.2) is 0 Å². The van der Waals surface area contributed by atoms with Crippen LogP contribution in [-0.4, -0.2) is 37.2 Å². The third kappa shape index (κ3) is 56.3. The Morgan fingerprint density at radius 2 is 0.563 bits per heavy atom. The highest BCUT2D eigenvalue weighted by atomic mass is 16.6. The molecule has 0 rings (SSSR count). The molecule has 1 unspecified atom stereocenters. The van der Waals surface area contributed by atoms with Gasteiger partial charge in [-0.1, -0.05) is 225 Å². The molecule has 71 heavy (non-hydrogen) atoms. The molecule has 6 nitrogen and oxygen atoms in total. The molecule has 0 aliphatic carbocycles. The minimum atomic E-state index is -0.839. The van der Waals surface area contributed by atoms with Gasteiger partial charge in [-0.15, -0.1) is 0 Å². The van der Waals surface area contributed by atoms with Gasteiger partial charge in [0, 0.05) is 19.3 Å². The van der Waals surface area contributed by atoms with E-state index in [0.717, 1.165) is 103 Å². The van der Waals surface area contributed by atoms with Crippen molar-refractivity contribution in [2.75, 3.05) is 13.2 Å². The molecule has 0 aliphatic rings. The molecule has 0 N–H and O–H groups in total. The van der Waals surface area contributed by atoms with Crippen molar-refractivity contribution in [3.8, 4) is 0 Å². The average molecular weight is 982 g/mol. The second-order valence-electron chi connectivity index (χ2n) is 18.5. The average Bonchev–Trinajstić information content (AvgIpc) is 3.37. The molecule has 0 aromatic carbocycles. The molecule has 1 atom stereocenters. The number of unbranched alkanes of at least 4 members (excludes halogenated alkanes) is 17. The van der Waals surface area contributed by atoms with Crippen molar-refractivity contribution in [1.82, 2.24) is 0 Å². The van der Waals surface area contributed by atoms with E-state index in [0.29, 0.717) is 19.3 Å². The SMILES string of the molecule is CC/C=C\C/C=C\C/C=C\C/C=C\CCCCCCCCC(=O)OCC(COC(=O)CCC/C=C\C/C=C\C/C=C\CCCCCCCC)OC(=O)CCC/C=C\C/C=C\C/C=C\C/C=C\CCCCC. The van der Waals surface area contributed by atoms with Gasteiger partial charge in [0.05, 0.1) is 0 Å². The van der Waals surface area contributed by atoms with Crippen molar-refractivity contribution in [1.29, 1.82) is 0 Å². The highest BCUT2D eigenvalue weighted by Crippen LogP contribution is 2.12. The fraction of sp³-hybridized carbons (Fsp3) is 0.615. The molecule has 0 amide bonds. The molecule has 0 bridgehead atoms. The van der Waals surface area contributed by atoms with Crippen LogP contribution in [0, 0.1) is 0 Å². The van der Waals surface area contributed by atoms with Gasteiger partial charge in [0.15, 0.2) is 6.10 Å². The van der Waals surface area contributed by atoms with Crippen molar-refractivity contribution in [2.45, 2.75) is 245 Å². The molecular weight excluding hydrogens is 877 g/mol. The Bertz CT molecular complexity index is 1550. The van der Waals surface area contributed by atoms with Crippen LogP contribution >= 0.6 is 0 Å². The first-order valence-corrected chi connectivity index (χ1v) is 28.7. The van der Waals surface area contributed by atoms with Gasteiger partial charge in [-0.05, 0) is 128 Å². The number of ether oxygens (including phenoxy) is 3. The number of hydrogen-bond acceptors (Lipinski definition) is 6. The highest BCUT2D eigenvalue weighted by molar-refractivity contribution is 5.71. The van der Waals surface area contributed by atoms with E-state index in [2.05, 4.69) is 154 Å². The van der Waals surface area contributed by atoms with Crippen LogP contribution in [0.25, 0.3) is 0 Å². The highest BCUT2D eigenvalue weighted by Gasteiger charge is 2.19. The van der Waals surface area contributed by atoms with Gasteiger partial charge in [0.25, 0.3) is 0 Å².